The minimum Gasteiger partial charge on any atom is -0.383 e. The van der Waals surface area contributed by atoms with Crippen LogP contribution in [0.3, 0.4) is 0 Å². The number of hydrogen-bond acceptors (Lipinski definition) is 4. The highest BCUT2D eigenvalue weighted by Gasteiger charge is 2.22. The van der Waals surface area contributed by atoms with Crippen molar-refractivity contribution in [2.24, 2.45) is 10.9 Å². The summed E-state index contributed by atoms with van der Waals surface area (Å²) in [4.78, 5) is 9.16. The molecule has 1 aromatic carbocycles. The minimum atomic E-state index is -0.170. The Labute approximate surface area is 174 Å². The fraction of sp³-hybridized carbons (Fsp3) is 0.682. The molecule has 6 nitrogen and oxygen atoms in total. The topological polar surface area (TPSA) is 52.1 Å². The Kier molecular flexibility index (Phi) is 8.55. The molecule has 0 radical (unpaired) electrons. The fourth-order valence-corrected chi connectivity index (χ4v) is 4.22. The van der Waals surface area contributed by atoms with Crippen LogP contribution in [0, 0.1) is 11.7 Å². The molecular weight excluding hydrogens is 369 g/mol. The summed E-state index contributed by atoms with van der Waals surface area (Å²) in [7, 11) is 3.60. The first-order chi connectivity index (χ1) is 14.2. The van der Waals surface area contributed by atoms with Crippen molar-refractivity contribution in [2.75, 3.05) is 64.9 Å². The second-order valence-corrected chi connectivity index (χ2v) is 8.12. The molecule has 0 aromatic heterocycles. The Morgan fingerprint density at radius 2 is 1.93 bits per heavy atom. The van der Waals surface area contributed by atoms with E-state index in [1.807, 2.05) is 13.1 Å². The van der Waals surface area contributed by atoms with Gasteiger partial charge in [0.05, 0.1) is 6.61 Å². The number of piperidine rings is 2. The average Bonchev–Trinajstić information content (AvgIpc) is 2.76. The van der Waals surface area contributed by atoms with Gasteiger partial charge in [-0.3, -0.25) is 4.99 Å². The highest BCUT2D eigenvalue weighted by atomic mass is 19.1. The molecule has 0 bridgehead atoms. The van der Waals surface area contributed by atoms with E-state index in [4.69, 9.17) is 4.74 Å². The van der Waals surface area contributed by atoms with Crippen LogP contribution in [0.2, 0.25) is 0 Å². The lowest BCUT2D eigenvalue weighted by atomic mass is 9.97. The van der Waals surface area contributed by atoms with Gasteiger partial charge in [0.2, 0.25) is 0 Å². The maximum Gasteiger partial charge on any atom is 0.191 e. The number of nitrogens with one attached hydrogen (secondary N) is 2. The van der Waals surface area contributed by atoms with Crippen molar-refractivity contribution in [3.05, 3.63) is 30.1 Å². The van der Waals surface area contributed by atoms with E-state index in [-0.39, 0.29) is 5.82 Å². The van der Waals surface area contributed by atoms with Crippen LogP contribution in [0.4, 0.5) is 10.1 Å². The largest absolute Gasteiger partial charge is 0.383 e. The van der Waals surface area contributed by atoms with Gasteiger partial charge in [-0.25, -0.2) is 4.39 Å². The van der Waals surface area contributed by atoms with Crippen LogP contribution in [0.1, 0.15) is 25.7 Å². The molecule has 1 aromatic rings. The van der Waals surface area contributed by atoms with Crippen LogP contribution >= 0.6 is 0 Å². The Morgan fingerprint density at radius 1 is 1.17 bits per heavy atom. The predicted octanol–water partition coefficient (Wildman–Crippen LogP) is 2.32. The molecule has 29 heavy (non-hydrogen) atoms. The highest BCUT2D eigenvalue weighted by molar-refractivity contribution is 5.80. The number of anilines is 1. The van der Waals surface area contributed by atoms with Gasteiger partial charge in [-0.1, -0.05) is 6.07 Å². The van der Waals surface area contributed by atoms with E-state index < -0.39 is 0 Å². The molecule has 2 fully saturated rings. The second-order valence-electron chi connectivity index (χ2n) is 8.12. The van der Waals surface area contributed by atoms with Gasteiger partial charge in [0.25, 0.3) is 0 Å². The monoisotopic (exact) mass is 405 g/mol. The molecule has 2 heterocycles. The lowest BCUT2D eigenvalue weighted by Gasteiger charge is -2.35. The van der Waals surface area contributed by atoms with Crippen molar-refractivity contribution >= 4 is 11.6 Å². The molecule has 2 aliphatic rings. The molecule has 0 amide bonds. The third-order valence-corrected chi connectivity index (χ3v) is 6.11. The summed E-state index contributed by atoms with van der Waals surface area (Å²) in [5.41, 5.74) is 0.975. The summed E-state index contributed by atoms with van der Waals surface area (Å²) in [6.07, 6.45) is 4.49. The zero-order valence-corrected chi connectivity index (χ0v) is 17.9. The van der Waals surface area contributed by atoms with Crippen molar-refractivity contribution in [1.29, 1.82) is 0 Å². The van der Waals surface area contributed by atoms with E-state index in [0.717, 1.165) is 70.4 Å². The molecule has 162 valence electrons. The first-order valence-corrected chi connectivity index (χ1v) is 10.9. The van der Waals surface area contributed by atoms with Gasteiger partial charge in [-0.05, 0) is 62.9 Å². The van der Waals surface area contributed by atoms with Crippen LogP contribution in [-0.4, -0.2) is 76.9 Å². The van der Waals surface area contributed by atoms with Crippen molar-refractivity contribution in [1.82, 2.24) is 15.5 Å². The number of hydrogen-bond donors (Lipinski definition) is 2. The van der Waals surface area contributed by atoms with Crippen molar-refractivity contribution < 1.29 is 9.13 Å². The number of aliphatic imine (C=N–C) groups is 1. The van der Waals surface area contributed by atoms with E-state index in [0.29, 0.717) is 12.0 Å². The molecular formula is C22H36FN5O. The Balaban J connectivity index is 1.36. The van der Waals surface area contributed by atoms with Crippen molar-refractivity contribution in [3.8, 4) is 0 Å². The third-order valence-electron chi connectivity index (χ3n) is 6.11. The molecule has 7 heteroatoms. The van der Waals surface area contributed by atoms with E-state index in [1.54, 1.807) is 19.2 Å². The molecule has 0 aliphatic carbocycles. The smallest absolute Gasteiger partial charge is 0.191 e. The predicted molar refractivity (Wildman–Crippen MR) is 117 cm³/mol. The Morgan fingerprint density at radius 3 is 2.59 bits per heavy atom. The molecule has 0 unspecified atom stereocenters. The van der Waals surface area contributed by atoms with Crippen LogP contribution in [-0.2, 0) is 4.74 Å². The van der Waals surface area contributed by atoms with Crippen LogP contribution in [0.25, 0.3) is 0 Å². The number of benzene rings is 1. The summed E-state index contributed by atoms with van der Waals surface area (Å²) >= 11 is 0. The average molecular weight is 406 g/mol. The lowest BCUT2D eigenvalue weighted by molar-refractivity contribution is 0.121. The number of rotatable bonds is 7. The quantitative estimate of drug-likeness (QED) is 0.539. The number of likely N-dealkylation sites (tertiary alicyclic amines) is 1. The lowest BCUT2D eigenvalue weighted by Crippen LogP contribution is -2.50. The van der Waals surface area contributed by atoms with Gasteiger partial charge >= 0.3 is 0 Å². The molecule has 2 saturated heterocycles. The highest BCUT2D eigenvalue weighted by Crippen LogP contribution is 2.21. The van der Waals surface area contributed by atoms with Crippen LogP contribution < -0.4 is 15.5 Å². The van der Waals surface area contributed by atoms with Gasteiger partial charge in [0.1, 0.15) is 5.82 Å². The zero-order valence-electron chi connectivity index (χ0n) is 17.9. The molecule has 0 spiro atoms. The summed E-state index contributed by atoms with van der Waals surface area (Å²) in [6.45, 7) is 6.99. The molecule has 0 saturated carbocycles. The first-order valence-electron chi connectivity index (χ1n) is 10.9. The summed E-state index contributed by atoms with van der Waals surface area (Å²) in [5, 5.41) is 7.10. The molecule has 2 N–H and O–H groups in total. The number of halogens is 1. The first kappa shape index (κ1) is 21.8. The number of ether oxygens (including phenoxy) is 1. The number of methoxy groups -OCH3 is 1. The Bertz CT molecular complexity index is 640. The Hall–Kier alpha value is -1.86. The SMILES string of the molecule is CN=C(NCC1CCN(CCOC)CC1)NC1CCN(c2cccc(F)c2)CC1. The number of guanidine groups is 1. The van der Waals surface area contributed by atoms with Gasteiger partial charge in [-0.2, -0.15) is 0 Å². The summed E-state index contributed by atoms with van der Waals surface area (Å²) in [5.74, 6) is 1.43. The van der Waals surface area contributed by atoms with Crippen molar-refractivity contribution in [3.63, 3.8) is 0 Å². The van der Waals surface area contributed by atoms with E-state index in [2.05, 4.69) is 25.4 Å². The van der Waals surface area contributed by atoms with Gasteiger partial charge < -0.3 is 25.2 Å². The van der Waals surface area contributed by atoms with Crippen molar-refractivity contribution in [2.45, 2.75) is 31.7 Å². The zero-order chi connectivity index (χ0) is 20.5. The van der Waals surface area contributed by atoms with Gasteiger partial charge in [0.15, 0.2) is 5.96 Å². The molecule has 3 rings (SSSR count). The maximum absolute atomic E-state index is 13.5. The van der Waals surface area contributed by atoms with Crippen LogP contribution in [0.5, 0.6) is 0 Å². The maximum atomic E-state index is 13.5. The third kappa shape index (κ3) is 6.85. The number of nitrogens with zero attached hydrogens (tertiary/aromatic N) is 3. The van der Waals surface area contributed by atoms with E-state index in [1.165, 1.54) is 18.9 Å². The summed E-state index contributed by atoms with van der Waals surface area (Å²) in [6, 6.07) is 7.29. The molecule has 0 atom stereocenters. The summed E-state index contributed by atoms with van der Waals surface area (Å²) < 4.78 is 18.6. The molecule has 2 aliphatic heterocycles. The van der Waals surface area contributed by atoms with E-state index >= 15 is 0 Å². The van der Waals surface area contributed by atoms with Gasteiger partial charge in [-0.15, -0.1) is 0 Å². The normalized spacial score (nSPS) is 20.1. The van der Waals surface area contributed by atoms with Gasteiger partial charge in [0, 0.05) is 52.1 Å². The minimum absolute atomic E-state index is 0.170. The fourth-order valence-electron chi connectivity index (χ4n) is 4.22. The second kappa shape index (κ2) is 11.4. The standard InChI is InChI=1S/C22H36FN5O/c1-24-22(25-17-18-6-10-27(11-7-18)14-15-29-2)26-20-8-12-28(13-9-20)21-5-3-4-19(23)16-21/h3-5,16,18,20H,6-15,17H2,1-2H3,(H2,24,25,26). The van der Waals surface area contributed by atoms with E-state index in [9.17, 15) is 4.39 Å². The van der Waals surface area contributed by atoms with Crippen LogP contribution in [0.15, 0.2) is 29.3 Å².